The van der Waals surface area contributed by atoms with Gasteiger partial charge in [-0.15, -0.1) is 23.2 Å². The number of hydrogen-bond donors (Lipinski definition) is 0. The summed E-state index contributed by atoms with van der Waals surface area (Å²) in [7, 11) is 0. The summed E-state index contributed by atoms with van der Waals surface area (Å²) in [6, 6.07) is 3.90. The third-order valence-electron chi connectivity index (χ3n) is 4.17. The molecule has 1 unspecified atom stereocenters. The number of rotatable bonds is 6. The van der Waals surface area contributed by atoms with Gasteiger partial charge in [0, 0.05) is 23.9 Å². The predicted molar refractivity (Wildman–Crippen MR) is 95.8 cm³/mol. The van der Waals surface area contributed by atoms with Gasteiger partial charge in [0.05, 0.1) is 6.61 Å². The molecule has 0 aliphatic heterocycles. The van der Waals surface area contributed by atoms with Crippen LogP contribution in [0.4, 0.5) is 0 Å². The van der Waals surface area contributed by atoms with Crippen LogP contribution in [0.3, 0.4) is 0 Å². The topological polar surface area (TPSA) is 55.0 Å². The van der Waals surface area contributed by atoms with Crippen LogP contribution in [0.25, 0.3) is 6.08 Å². The Morgan fingerprint density at radius 3 is 2.67 bits per heavy atom. The SMILES string of the molecule is Cc1cc(C=C(C#N)C(=O)OCC2CC2(Cl)Cl)c(C)n1CC(C)C. The maximum Gasteiger partial charge on any atom is 0.348 e. The number of nitriles is 1. The number of nitrogens with zero attached hydrogens (tertiary/aromatic N) is 2. The Morgan fingerprint density at radius 2 is 2.17 bits per heavy atom. The van der Waals surface area contributed by atoms with Gasteiger partial charge >= 0.3 is 5.97 Å². The molecule has 1 saturated carbocycles. The van der Waals surface area contributed by atoms with Crippen LogP contribution in [0.5, 0.6) is 0 Å². The highest BCUT2D eigenvalue weighted by atomic mass is 35.5. The lowest BCUT2D eigenvalue weighted by Gasteiger charge is -2.12. The summed E-state index contributed by atoms with van der Waals surface area (Å²) in [6.45, 7) is 9.34. The average molecular weight is 369 g/mol. The van der Waals surface area contributed by atoms with Crippen LogP contribution in [-0.4, -0.2) is 21.5 Å². The fraction of sp³-hybridized carbons (Fsp3) is 0.556. The van der Waals surface area contributed by atoms with Gasteiger partial charge in [-0.05, 0) is 43.9 Å². The van der Waals surface area contributed by atoms with Crippen molar-refractivity contribution in [3.8, 4) is 6.07 Å². The van der Waals surface area contributed by atoms with Crippen molar-refractivity contribution in [3.63, 3.8) is 0 Å². The zero-order valence-corrected chi connectivity index (χ0v) is 15.9. The molecule has 1 heterocycles. The van der Waals surface area contributed by atoms with Gasteiger partial charge < -0.3 is 9.30 Å². The van der Waals surface area contributed by atoms with Gasteiger partial charge in [0.15, 0.2) is 0 Å². The number of esters is 1. The molecule has 2 rings (SSSR count). The van der Waals surface area contributed by atoms with E-state index in [-0.39, 0.29) is 18.1 Å². The van der Waals surface area contributed by atoms with Gasteiger partial charge in [-0.25, -0.2) is 4.79 Å². The Balaban J connectivity index is 2.12. The first kappa shape index (κ1) is 18.9. The Kier molecular flexibility index (Phi) is 5.67. The van der Waals surface area contributed by atoms with Gasteiger partial charge in [0.1, 0.15) is 16.0 Å². The quantitative estimate of drug-likeness (QED) is 0.323. The number of carbonyl (C=O) groups is 1. The molecule has 4 nitrogen and oxygen atoms in total. The number of halogens is 2. The lowest BCUT2D eigenvalue weighted by atomic mass is 10.1. The third-order valence-corrected chi connectivity index (χ3v) is 5.10. The van der Waals surface area contributed by atoms with Crippen molar-refractivity contribution < 1.29 is 9.53 Å². The molecule has 0 radical (unpaired) electrons. The molecule has 1 aromatic rings. The van der Waals surface area contributed by atoms with Crippen LogP contribution >= 0.6 is 23.2 Å². The lowest BCUT2D eigenvalue weighted by Crippen LogP contribution is -2.11. The van der Waals surface area contributed by atoms with Crippen molar-refractivity contribution in [2.24, 2.45) is 11.8 Å². The molecule has 1 aliphatic rings. The van der Waals surface area contributed by atoms with E-state index in [4.69, 9.17) is 27.9 Å². The maximum absolute atomic E-state index is 12.1. The minimum Gasteiger partial charge on any atom is -0.461 e. The van der Waals surface area contributed by atoms with Crippen LogP contribution in [0.2, 0.25) is 0 Å². The number of aromatic nitrogens is 1. The molecule has 24 heavy (non-hydrogen) atoms. The Hall–Kier alpha value is -1.44. The molecule has 0 saturated heterocycles. The molecule has 0 amide bonds. The number of alkyl halides is 2. The molecule has 1 aromatic heterocycles. The van der Waals surface area contributed by atoms with E-state index in [2.05, 4.69) is 18.4 Å². The van der Waals surface area contributed by atoms with Gasteiger partial charge in [-0.2, -0.15) is 5.26 Å². The largest absolute Gasteiger partial charge is 0.461 e. The Labute approximate surface area is 153 Å². The molecular formula is C18H22Cl2N2O2. The predicted octanol–water partition coefficient (Wildman–Crippen LogP) is 4.40. The number of aryl methyl sites for hydroxylation is 1. The minimum atomic E-state index is -0.793. The van der Waals surface area contributed by atoms with Crippen molar-refractivity contribution in [2.75, 3.05) is 6.61 Å². The summed E-state index contributed by atoms with van der Waals surface area (Å²) < 4.78 is 6.56. The number of hydrogen-bond acceptors (Lipinski definition) is 3. The van der Waals surface area contributed by atoms with E-state index in [1.165, 1.54) is 0 Å². The van der Waals surface area contributed by atoms with Crippen molar-refractivity contribution in [1.82, 2.24) is 4.57 Å². The molecule has 1 aliphatic carbocycles. The summed E-state index contributed by atoms with van der Waals surface area (Å²) in [5, 5.41) is 9.28. The molecule has 0 aromatic carbocycles. The molecule has 0 N–H and O–H groups in total. The van der Waals surface area contributed by atoms with Crippen molar-refractivity contribution in [3.05, 3.63) is 28.6 Å². The van der Waals surface area contributed by atoms with Crippen molar-refractivity contribution >= 4 is 35.2 Å². The second-order valence-corrected chi connectivity index (χ2v) is 8.30. The van der Waals surface area contributed by atoms with Crippen molar-refractivity contribution in [1.29, 1.82) is 5.26 Å². The zero-order valence-electron chi connectivity index (χ0n) is 14.4. The lowest BCUT2D eigenvalue weighted by molar-refractivity contribution is -0.138. The smallest absolute Gasteiger partial charge is 0.348 e. The normalized spacial score (nSPS) is 19.2. The zero-order chi connectivity index (χ0) is 18.1. The average Bonchev–Trinajstić information content (AvgIpc) is 3.03. The van der Waals surface area contributed by atoms with Crippen LogP contribution in [0.1, 0.15) is 37.2 Å². The van der Waals surface area contributed by atoms with E-state index < -0.39 is 10.3 Å². The highest BCUT2D eigenvalue weighted by molar-refractivity contribution is 6.50. The number of ether oxygens (including phenoxy) is 1. The Morgan fingerprint density at radius 1 is 1.54 bits per heavy atom. The van der Waals surface area contributed by atoms with Crippen LogP contribution in [0.15, 0.2) is 11.6 Å². The summed E-state index contributed by atoms with van der Waals surface area (Å²) in [4.78, 5) is 12.1. The van der Waals surface area contributed by atoms with Crippen LogP contribution < -0.4 is 0 Å². The fourth-order valence-electron chi connectivity index (χ4n) is 2.62. The van der Waals surface area contributed by atoms with Crippen LogP contribution in [0, 0.1) is 37.0 Å². The first-order chi connectivity index (χ1) is 11.2. The molecule has 1 fully saturated rings. The molecule has 0 bridgehead atoms. The molecule has 0 spiro atoms. The monoisotopic (exact) mass is 368 g/mol. The third kappa shape index (κ3) is 4.34. The van der Waals surface area contributed by atoms with Gasteiger partial charge in [0.25, 0.3) is 0 Å². The van der Waals surface area contributed by atoms with E-state index >= 15 is 0 Å². The molecule has 130 valence electrons. The van der Waals surface area contributed by atoms with Crippen LogP contribution in [-0.2, 0) is 16.1 Å². The highest BCUT2D eigenvalue weighted by Crippen LogP contribution is 2.53. The standard InChI is InChI=1S/C18H22Cl2N2O2/c1-11(2)9-22-12(3)5-14(13(22)4)6-15(8-21)17(23)24-10-16-7-18(16,19)20/h5-6,11,16H,7,9-10H2,1-4H3. The number of carbonyl (C=O) groups excluding carboxylic acids is 1. The molecular weight excluding hydrogens is 347 g/mol. The highest BCUT2D eigenvalue weighted by Gasteiger charge is 2.52. The molecule has 1 atom stereocenters. The van der Waals surface area contributed by atoms with Gasteiger partial charge in [-0.3, -0.25) is 0 Å². The minimum absolute atomic E-state index is 0.0183. The van der Waals surface area contributed by atoms with E-state index in [1.807, 2.05) is 26.0 Å². The van der Waals surface area contributed by atoms with E-state index in [9.17, 15) is 10.1 Å². The Bertz CT molecular complexity index is 711. The first-order valence-electron chi connectivity index (χ1n) is 7.99. The molecule has 6 heteroatoms. The van der Waals surface area contributed by atoms with E-state index in [0.29, 0.717) is 12.3 Å². The van der Waals surface area contributed by atoms with Gasteiger partial charge in [-0.1, -0.05) is 13.8 Å². The first-order valence-corrected chi connectivity index (χ1v) is 8.74. The van der Waals surface area contributed by atoms with Crippen molar-refractivity contribution in [2.45, 2.75) is 45.0 Å². The second-order valence-electron chi connectivity index (χ2n) is 6.76. The second kappa shape index (κ2) is 7.21. The fourth-order valence-corrected chi connectivity index (χ4v) is 3.12. The summed E-state index contributed by atoms with van der Waals surface area (Å²) in [5.74, 6) is -0.181. The van der Waals surface area contributed by atoms with E-state index in [0.717, 1.165) is 23.5 Å². The maximum atomic E-state index is 12.1. The summed E-state index contributed by atoms with van der Waals surface area (Å²) in [6.07, 6.45) is 2.19. The van der Waals surface area contributed by atoms with E-state index in [1.54, 1.807) is 6.08 Å². The summed E-state index contributed by atoms with van der Waals surface area (Å²) >= 11 is 11.8. The summed E-state index contributed by atoms with van der Waals surface area (Å²) in [5.41, 5.74) is 2.97. The van der Waals surface area contributed by atoms with Gasteiger partial charge in [0.2, 0.25) is 0 Å².